The van der Waals surface area contributed by atoms with Crippen molar-refractivity contribution in [3.8, 4) is 0 Å². The maximum atomic E-state index is 12.2. The first kappa shape index (κ1) is 11.1. The number of benzene rings is 1. The lowest BCUT2D eigenvalue weighted by Crippen LogP contribution is -2.52. The lowest BCUT2D eigenvalue weighted by atomic mass is 10.0. The summed E-state index contributed by atoms with van der Waals surface area (Å²) in [7, 11) is 0. The minimum atomic E-state index is 0.167. The molecule has 2 rings (SSSR count). The molecule has 0 saturated carbocycles. The van der Waals surface area contributed by atoms with E-state index in [-0.39, 0.29) is 11.8 Å². The first-order valence-corrected chi connectivity index (χ1v) is 5.81. The first-order chi connectivity index (χ1) is 7.72. The Morgan fingerprint density at radius 1 is 1.50 bits per heavy atom. The van der Waals surface area contributed by atoms with Crippen molar-refractivity contribution in [1.82, 2.24) is 5.32 Å². The number of anilines is 1. The van der Waals surface area contributed by atoms with E-state index in [1.54, 1.807) is 0 Å². The predicted molar refractivity (Wildman–Crippen MR) is 65.6 cm³/mol. The fourth-order valence-electron chi connectivity index (χ4n) is 1.95. The van der Waals surface area contributed by atoms with E-state index in [4.69, 9.17) is 0 Å². The third kappa shape index (κ3) is 2.09. The van der Waals surface area contributed by atoms with E-state index in [1.807, 2.05) is 36.9 Å². The summed E-state index contributed by atoms with van der Waals surface area (Å²) in [6.07, 6.45) is 0. The Balaban J connectivity index is 2.18. The monoisotopic (exact) mass is 218 g/mol. The molecule has 0 atom stereocenters. The topological polar surface area (TPSA) is 32.3 Å². The van der Waals surface area contributed by atoms with Gasteiger partial charge in [0.1, 0.15) is 0 Å². The van der Waals surface area contributed by atoms with Gasteiger partial charge in [-0.25, -0.2) is 0 Å². The number of nitrogens with one attached hydrogen (secondary N) is 1. The number of carbonyl (C=O) groups excluding carboxylic acids is 1. The molecule has 1 amide bonds. The van der Waals surface area contributed by atoms with Gasteiger partial charge in [0, 0.05) is 25.3 Å². The standard InChI is InChI=1S/C13H18N2O/c1-3-15(13(16)11-8-14-9-11)12-6-4-5-10(2)7-12/h4-7,11,14H,3,8-9H2,1-2H3. The van der Waals surface area contributed by atoms with Gasteiger partial charge in [0.15, 0.2) is 0 Å². The number of hydrogen-bond donors (Lipinski definition) is 1. The SMILES string of the molecule is CCN(C(=O)C1CNC1)c1cccc(C)c1. The normalized spacial score (nSPS) is 15.6. The summed E-state index contributed by atoms with van der Waals surface area (Å²) >= 11 is 0. The highest BCUT2D eigenvalue weighted by atomic mass is 16.2. The molecule has 3 nitrogen and oxygen atoms in total. The molecule has 1 heterocycles. The molecule has 16 heavy (non-hydrogen) atoms. The lowest BCUT2D eigenvalue weighted by molar-refractivity contribution is -0.123. The molecular formula is C13H18N2O. The van der Waals surface area contributed by atoms with Gasteiger partial charge in [0.25, 0.3) is 0 Å². The molecule has 0 bridgehead atoms. The van der Waals surface area contributed by atoms with Crippen LogP contribution in [0.15, 0.2) is 24.3 Å². The van der Waals surface area contributed by atoms with Crippen molar-refractivity contribution in [3.63, 3.8) is 0 Å². The van der Waals surface area contributed by atoms with Gasteiger partial charge in [0.05, 0.1) is 5.92 Å². The Labute approximate surface area is 96.5 Å². The van der Waals surface area contributed by atoms with Crippen LogP contribution in [0.25, 0.3) is 0 Å². The molecule has 1 aromatic rings. The Morgan fingerprint density at radius 2 is 2.25 bits per heavy atom. The Hall–Kier alpha value is -1.35. The van der Waals surface area contributed by atoms with E-state index >= 15 is 0 Å². The summed E-state index contributed by atoms with van der Waals surface area (Å²) in [6, 6.07) is 8.11. The predicted octanol–water partition coefficient (Wildman–Crippen LogP) is 1.57. The molecule has 0 radical (unpaired) electrons. The van der Waals surface area contributed by atoms with Crippen LogP contribution in [-0.2, 0) is 4.79 Å². The van der Waals surface area contributed by atoms with Gasteiger partial charge in [-0.15, -0.1) is 0 Å². The molecule has 1 aliphatic rings. The number of hydrogen-bond acceptors (Lipinski definition) is 2. The van der Waals surface area contributed by atoms with Crippen molar-refractivity contribution in [2.75, 3.05) is 24.5 Å². The van der Waals surface area contributed by atoms with Gasteiger partial charge < -0.3 is 10.2 Å². The zero-order valence-electron chi connectivity index (χ0n) is 9.86. The molecule has 0 unspecified atom stereocenters. The molecule has 1 saturated heterocycles. The Bertz CT molecular complexity index is 385. The second kappa shape index (κ2) is 4.66. The molecule has 1 N–H and O–H groups in total. The van der Waals surface area contributed by atoms with E-state index in [1.165, 1.54) is 5.56 Å². The molecule has 0 spiro atoms. The smallest absolute Gasteiger partial charge is 0.232 e. The summed E-state index contributed by atoms with van der Waals surface area (Å²) in [5.74, 6) is 0.410. The molecule has 86 valence electrons. The highest BCUT2D eigenvalue weighted by Gasteiger charge is 2.29. The van der Waals surface area contributed by atoms with Crippen LogP contribution in [0.1, 0.15) is 12.5 Å². The first-order valence-electron chi connectivity index (χ1n) is 5.81. The average molecular weight is 218 g/mol. The van der Waals surface area contributed by atoms with Crippen LogP contribution in [0.5, 0.6) is 0 Å². The highest BCUT2D eigenvalue weighted by molar-refractivity contribution is 5.95. The van der Waals surface area contributed by atoms with Crippen LogP contribution in [0.3, 0.4) is 0 Å². The number of rotatable bonds is 3. The Kier molecular flexibility index (Phi) is 3.25. The molecule has 1 aromatic carbocycles. The molecular weight excluding hydrogens is 200 g/mol. The van der Waals surface area contributed by atoms with Crippen LogP contribution in [0, 0.1) is 12.8 Å². The second-order valence-electron chi connectivity index (χ2n) is 4.28. The average Bonchev–Trinajstić information content (AvgIpc) is 2.16. The zero-order chi connectivity index (χ0) is 11.5. The molecule has 1 fully saturated rings. The highest BCUT2D eigenvalue weighted by Crippen LogP contribution is 2.19. The number of amides is 1. The molecule has 0 aromatic heterocycles. The van der Waals surface area contributed by atoms with E-state index in [9.17, 15) is 4.79 Å². The molecule has 0 aliphatic carbocycles. The van der Waals surface area contributed by atoms with Gasteiger partial charge in [0.2, 0.25) is 5.91 Å². The molecule has 3 heteroatoms. The third-order valence-electron chi connectivity index (χ3n) is 3.03. The van der Waals surface area contributed by atoms with E-state index < -0.39 is 0 Å². The van der Waals surface area contributed by atoms with Crippen molar-refractivity contribution in [3.05, 3.63) is 29.8 Å². The Morgan fingerprint density at radius 3 is 2.75 bits per heavy atom. The lowest BCUT2D eigenvalue weighted by Gasteiger charge is -2.32. The van der Waals surface area contributed by atoms with Crippen molar-refractivity contribution in [2.45, 2.75) is 13.8 Å². The van der Waals surface area contributed by atoms with Crippen molar-refractivity contribution < 1.29 is 4.79 Å². The van der Waals surface area contributed by atoms with Crippen molar-refractivity contribution in [1.29, 1.82) is 0 Å². The summed E-state index contributed by atoms with van der Waals surface area (Å²) in [5, 5.41) is 3.14. The van der Waals surface area contributed by atoms with Gasteiger partial charge in [-0.1, -0.05) is 12.1 Å². The fourth-order valence-corrected chi connectivity index (χ4v) is 1.95. The van der Waals surface area contributed by atoms with E-state index in [0.29, 0.717) is 0 Å². The third-order valence-corrected chi connectivity index (χ3v) is 3.03. The van der Waals surface area contributed by atoms with E-state index in [2.05, 4.69) is 11.4 Å². The fraction of sp³-hybridized carbons (Fsp3) is 0.462. The van der Waals surface area contributed by atoms with Crippen molar-refractivity contribution in [2.24, 2.45) is 5.92 Å². The van der Waals surface area contributed by atoms with Crippen molar-refractivity contribution >= 4 is 11.6 Å². The van der Waals surface area contributed by atoms with Gasteiger partial charge >= 0.3 is 0 Å². The largest absolute Gasteiger partial charge is 0.315 e. The van der Waals surface area contributed by atoms with Crippen LogP contribution < -0.4 is 10.2 Å². The number of nitrogens with zero attached hydrogens (tertiary/aromatic N) is 1. The van der Waals surface area contributed by atoms with Gasteiger partial charge in [-0.3, -0.25) is 4.79 Å². The summed E-state index contributed by atoms with van der Waals surface area (Å²) in [5.41, 5.74) is 2.20. The maximum Gasteiger partial charge on any atom is 0.232 e. The van der Waals surface area contributed by atoms with Crippen LogP contribution in [0.4, 0.5) is 5.69 Å². The zero-order valence-corrected chi connectivity index (χ0v) is 9.86. The van der Waals surface area contributed by atoms with Gasteiger partial charge in [-0.05, 0) is 31.5 Å². The van der Waals surface area contributed by atoms with E-state index in [0.717, 1.165) is 25.3 Å². The summed E-state index contributed by atoms with van der Waals surface area (Å²) < 4.78 is 0. The van der Waals surface area contributed by atoms with Crippen LogP contribution in [0.2, 0.25) is 0 Å². The van der Waals surface area contributed by atoms with Crippen LogP contribution >= 0.6 is 0 Å². The minimum absolute atomic E-state index is 0.167. The maximum absolute atomic E-state index is 12.2. The summed E-state index contributed by atoms with van der Waals surface area (Å²) in [4.78, 5) is 14.0. The van der Waals surface area contributed by atoms with Crippen LogP contribution in [-0.4, -0.2) is 25.5 Å². The second-order valence-corrected chi connectivity index (χ2v) is 4.28. The number of carbonyl (C=O) groups is 1. The van der Waals surface area contributed by atoms with Gasteiger partial charge in [-0.2, -0.15) is 0 Å². The quantitative estimate of drug-likeness (QED) is 0.835. The number of aryl methyl sites for hydroxylation is 1. The molecule has 1 aliphatic heterocycles. The summed E-state index contributed by atoms with van der Waals surface area (Å²) in [6.45, 7) is 6.44. The minimum Gasteiger partial charge on any atom is -0.315 e.